The van der Waals surface area contributed by atoms with Crippen LogP contribution in [0.3, 0.4) is 0 Å². The minimum Gasteiger partial charge on any atom is -0.340 e. The maximum absolute atomic E-state index is 12.1. The van der Waals surface area contributed by atoms with Crippen molar-refractivity contribution in [2.45, 2.75) is 38.6 Å². The molecule has 1 amide bonds. The Morgan fingerprint density at radius 2 is 1.95 bits per heavy atom. The van der Waals surface area contributed by atoms with Crippen molar-refractivity contribution in [3.8, 4) is 0 Å². The van der Waals surface area contributed by atoms with E-state index in [0.29, 0.717) is 18.2 Å². The topological polar surface area (TPSA) is 53.5 Å². The summed E-state index contributed by atoms with van der Waals surface area (Å²) in [5.74, 6) is 0.947. The van der Waals surface area contributed by atoms with E-state index in [2.05, 4.69) is 9.88 Å². The Labute approximate surface area is 134 Å². The maximum Gasteiger partial charge on any atom is 0.225 e. The molecule has 0 radical (unpaired) electrons. The molecule has 22 heavy (non-hydrogen) atoms. The molecule has 118 valence electrons. The molecule has 1 aromatic heterocycles. The number of hydrogen-bond donors (Lipinski definition) is 0. The number of thiazole rings is 1. The number of carbonyl (C=O) groups excluding carboxylic acids is 2. The first-order valence-electron chi connectivity index (χ1n) is 8.23. The monoisotopic (exact) mass is 319 g/mol. The van der Waals surface area contributed by atoms with Crippen molar-refractivity contribution < 1.29 is 9.59 Å². The van der Waals surface area contributed by atoms with Crippen LogP contribution in [0.25, 0.3) is 0 Å². The van der Waals surface area contributed by atoms with Gasteiger partial charge in [0, 0.05) is 38.5 Å². The number of ketones is 1. The first-order valence-corrected chi connectivity index (χ1v) is 9.05. The average Bonchev–Trinajstić information content (AvgIpc) is 3.29. The highest BCUT2D eigenvalue weighted by Crippen LogP contribution is 2.31. The van der Waals surface area contributed by atoms with E-state index in [1.807, 2.05) is 4.90 Å². The summed E-state index contributed by atoms with van der Waals surface area (Å²) in [6.07, 6.45) is 4.73. The largest absolute Gasteiger partial charge is 0.340 e. The van der Waals surface area contributed by atoms with Gasteiger partial charge >= 0.3 is 0 Å². The molecule has 1 saturated carbocycles. The van der Waals surface area contributed by atoms with Gasteiger partial charge in [0.1, 0.15) is 5.01 Å². The number of hydrogen-bond acceptors (Lipinski definition) is 5. The lowest BCUT2D eigenvalue weighted by Gasteiger charge is -2.34. The van der Waals surface area contributed by atoms with Gasteiger partial charge in [-0.15, -0.1) is 11.3 Å². The van der Waals surface area contributed by atoms with E-state index >= 15 is 0 Å². The van der Waals surface area contributed by atoms with E-state index < -0.39 is 0 Å². The van der Waals surface area contributed by atoms with Gasteiger partial charge in [-0.3, -0.25) is 14.5 Å². The Kier molecular flexibility index (Phi) is 3.74. The Hall–Kier alpha value is -1.27. The smallest absolute Gasteiger partial charge is 0.225 e. The number of amides is 1. The fraction of sp³-hybridized carbons (Fsp3) is 0.688. The van der Waals surface area contributed by atoms with E-state index in [0.717, 1.165) is 74.0 Å². The summed E-state index contributed by atoms with van der Waals surface area (Å²) in [5, 5.41) is 1.06. The normalized spacial score (nSPS) is 22.7. The highest BCUT2D eigenvalue weighted by molar-refractivity contribution is 7.13. The maximum atomic E-state index is 12.1. The van der Waals surface area contributed by atoms with Gasteiger partial charge < -0.3 is 4.90 Å². The lowest BCUT2D eigenvalue weighted by Crippen LogP contribution is -2.48. The molecule has 0 bridgehead atoms. The van der Waals surface area contributed by atoms with Crippen LogP contribution in [0.15, 0.2) is 0 Å². The molecule has 5 nitrogen and oxygen atoms in total. The highest BCUT2D eigenvalue weighted by Gasteiger charge is 2.34. The van der Waals surface area contributed by atoms with Gasteiger partial charge in [-0.05, 0) is 25.7 Å². The van der Waals surface area contributed by atoms with Crippen LogP contribution in [-0.4, -0.2) is 52.7 Å². The number of fused-ring (bicyclic) bond motifs is 1. The van der Waals surface area contributed by atoms with Gasteiger partial charge in [0.25, 0.3) is 0 Å². The summed E-state index contributed by atoms with van der Waals surface area (Å²) >= 11 is 1.58. The fourth-order valence-corrected chi connectivity index (χ4v) is 4.41. The fourth-order valence-electron chi connectivity index (χ4n) is 3.29. The second kappa shape index (κ2) is 5.74. The number of rotatable bonds is 3. The zero-order valence-electron chi connectivity index (χ0n) is 12.7. The van der Waals surface area contributed by atoms with E-state index in [1.54, 1.807) is 11.3 Å². The molecule has 1 aromatic rings. The van der Waals surface area contributed by atoms with Crippen molar-refractivity contribution in [2.75, 3.05) is 26.2 Å². The van der Waals surface area contributed by atoms with Gasteiger partial charge in [0.2, 0.25) is 5.91 Å². The lowest BCUT2D eigenvalue weighted by atomic mass is 10.0. The van der Waals surface area contributed by atoms with Crippen LogP contribution in [0.1, 0.15) is 46.1 Å². The molecule has 0 aromatic carbocycles. The average molecular weight is 319 g/mol. The Balaban J connectivity index is 1.35. The molecule has 0 spiro atoms. The standard InChI is InChI=1S/C16H21N3O2S/c20-13-3-1-2-12-15(13)22-14(17-12)10-18-6-8-19(9-7-18)16(21)11-4-5-11/h11H,1-10H2. The van der Waals surface area contributed by atoms with E-state index in [4.69, 9.17) is 0 Å². The van der Waals surface area contributed by atoms with Gasteiger partial charge in [0.05, 0.1) is 17.1 Å². The lowest BCUT2D eigenvalue weighted by molar-refractivity contribution is -0.134. The van der Waals surface area contributed by atoms with Crippen molar-refractivity contribution in [2.24, 2.45) is 5.92 Å². The van der Waals surface area contributed by atoms with Crippen LogP contribution < -0.4 is 0 Å². The summed E-state index contributed by atoms with van der Waals surface area (Å²) in [4.78, 5) is 33.9. The second-order valence-electron chi connectivity index (χ2n) is 6.54. The number of aromatic nitrogens is 1. The van der Waals surface area contributed by atoms with Crippen molar-refractivity contribution in [3.05, 3.63) is 15.6 Å². The summed E-state index contributed by atoms with van der Waals surface area (Å²) < 4.78 is 0. The summed E-state index contributed by atoms with van der Waals surface area (Å²) in [6.45, 7) is 4.31. The summed E-state index contributed by atoms with van der Waals surface area (Å²) in [5.41, 5.74) is 1.01. The molecular weight excluding hydrogens is 298 g/mol. The van der Waals surface area contributed by atoms with Crippen LogP contribution >= 0.6 is 11.3 Å². The highest BCUT2D eigenvalue weighted by atomic mass is 32.1. The van der Waals surface area contributed by atoms with Crippen molar-refractivity contribution in [3.63, 3.8) is 0 Å². The SMILES string of the molecule is O=C1CCCc2nc(CN3CCN(C(=O)C4CC4)CC3)sc21. The first kappa shape index (κ1) is 14.3. The Morgan fingerprint density at radius 3 is 2.64 bits per heavy atom. The number of aryl methyl sites for hydroxylation is 1. The number of carbonyl (C=O) groups is 2. The third-order valence-electron chi connectivity index (χ3n) is 4.78. The molecule has 1 saturated heterocycles. The Bertz CT molecular complexity index is 601. The minimum atomic E-state index is 0.268. The predicted molar refractivity (Wildman–Crippen MR) is 84.0 cm³/mol. The molecule has 3 aliphatic rings. The third-order valence-corrected chi connectivity index (χ3v) is 5.91. The summed E-state index contributed by atoms with van der Waals surface area (Å²) in [7, 11) is 0. The number of Topliss-reactive ketones (excluding diaryl/α,β-unsaturated/α-hetero) is 1. The first-order chi connectivity index (χ1) is 10.7. The minimum absolute atomic E-state index is 0.268. The van der Waals surface area contributed by atoms with E-state index in [1.165, 1.54) is 0 Å². The second-order valence-corrected chi connectivity index (χ2v) is 7.62. The van der Waals surface area contributed by atoms with Gasteiger partial charge in [-0.1, -0.05) is 0 Å². The molecular formula is C16H21N3O2S. The molecule has 1 aliphatic heterocycles. The molecule has 2 aliphatic carbocycles. The van der Waals surface area contributed by atoms with Gasteiger partial charge in [-0.25, -0.2) is 4.98 Å². The quantitative estimate of drug-likeness (QED) is 0.851. The number of piperazine rings is 1. The summed E-state index contributed by atoms with van der Waals surface area (Å²) in [6, 6.07) is 0. The van der Waals surface area contributed by atoms with Crippen LogP contribution in [0.4, 0.5) is 0 Å². The van der Waals surface area contributed by atoms with Crippen LogP contribution in [-0.2, 0) is 17.8 Å². The molecule has 0 atom stereocenters. The van der Waals surface area contributed by atoms with Crippen molar-refractivity contribution in [1.82, 2.24) is 14.8 Å². The Morgan fingerprint density at radius 1 is 1.18 bits per heavy atom. The molecule has 4 rings (SSSR count). The van der Waals surface area contributed by atoms with E-state index in [-0.39, 0.29) is 5.78 Å². The molecule has 0 N–H and O–H groups in total. The van der Waals surface area contributed by atoms with E-state index in [9.17, 15) is 9.59 Å². The van der Waals surface area contributed by atoms with Crippen LogP contribution in [0, 0.1) is 5.92 Å². The van der Waals surface area contributed by atoms with Gasteiger partial charge in [-0.2, -0.15) is 0 Å². The molecule has 0 unspecified atom stereocenters. The van der Waals surface area contributed by atoms with Crippen molar-refractivity contribution >= 4 is 23.0 Å². The van der Waals surface area contributed by atoms with Crippen molar-refractivity contribution in [1.29, 1.82) is 0 Å². The number of nitrogens with zero attached hydrogens (tertiary/aromatic N) is 3. The third kappa shape index (κ3) is 2.82. The molecule has 6 heteroatoms. The van der Waals surface area contributed by atoms with Gasteiger partial charge in [0.15, 0.2) is 5.78 Å². The zero-order chi connectivity index (χ0) is 15.1. The molecule has 2 fully saturated rings. The van der Waals surface area contributed by atoms with Crippen LogP contribution in [0.5, 0.6) is 0 Å². The zero-order valence-corrected chi connectivity index (χ0v) is 13.5. The molecule has 2 heterocycles. The van der Waals surface area contributed by atoms with Crippen LogP contribution in [0.2, 0.25) is 0 Å². The predicted octanol–water partition coefficient (Wildman–Crippen LogP) is 1.72.